The zero-order chi connectivity index (χ0) is 17.1. The van der Waals surface area contributed by atoms with E-state index in [4.69, 9.17) is 16.0 Å². The molecule has 0 unspecified atom stereocenters. The van der Waals surface area contributed by atoms with Gasteiger partial charge in [0, 0.05) is 35.6 Å². The van der Waals surface area contributed by atoms with Gasteiger partial charge >= 0.3 is 0 Å². The fraction of sp³-hybridized carbons (Fsp3) is 0.182. The van der Waals surface area contributed by atoms with Gasteiger partial charge in [0.05, 0.1) is 6.26 Å². The van der Waals surface area contributed by atoms with Crippen LogP contribution in [0.3, 0.4) is 0 Å². The Labute approximate surface area is 153 Å². The SMILES string of the molecule is Clc1cccc(/C=C/C2=CCN(Cc3coc4ccccc34)CC2)c1. The van der Waals surface area contributed by atoms with Crippen LogP contribution >= 0.6 is 11.6 Å². The third kappa shape index (κ3) is 3.87. The molecule has 0 radical (unpaired) electrons. The van der Waals surface area contributed by atoms with Crippen molar-refractivity contribution in [3.05, 3.63) is 88.7 Å². The van der Waals surface area contributed by atoms with E-state index in [1.165, 1.54) is 16.5 Å². The van der Waals surface area contributed by atoms with Gasteiger partial charge < -0.3 is 4.42 Å². The Morgan fingerprint density at radius 2 is 2.00 bits per heavy atom. The molecule has 2 heterocycles. The molecule has 0 saturated heterocycles. The van der Waals surface area contributed by atoms with Gasteiger partial charge in [-0.1, -0.05) is 60.2 Å². The number of hydrogen-bond donors (Lipinski definition) is 0. The van der Waals surface area contributed by atoms with Crippen LogP contribution in [0.5, 0.6) is 0 Å². The second kappa shape index (κ2) is 7.30. The first-order valence-corrected chi connectivity index (χ1v) is 8.96. The van der Waals surface area contributed by atoms with Crippen LogP contribution in [0.1, 0.15) is 17.5 Å². The van der Waals surface area contributed by atoms with Crippen molar-refractivity contribution in [3.8, 4) is 0 Å². The van der Waals surface area contributed by atoms with E-state index in [0.29, 0.717) is 0 Å². The molecule has 3 heteroatoms. The van der Waals surface area contributed by atoms with E-state index in [-0.39, 0.29) is 0 Å². The number of rotatable bonds is 4. The highest BCUT2D eigenvalue weighted by Gasteiger charge is 2.13. The molecule has 1 aromatic heterocycles. The van der Waals surface area contributed by atoms with E-state index >= 15 is 0 Å². The number of allylic oxidation sites excluding steroid dienone is 1. The summed E-state index contributed by atoms with van der Waals surface area (Å²) in [6.07, 6.45) is 9.61. The Balaban J connectivity index is 1.40. The Hall–Kier alpha value is -2.29. The first-order valence-electron chi connectivity index (χ1n) is 8.58. The van der Waals surface area contributed by atoms with Crippen LogP contribution in [0, 0.1) is 0 Å². The standard InChI is InChI=1S/C22H20ClNO/c23-20-5-3-4-18(14-20)9-8-17-10-12-24(13-11-17)15-19-16-25-22-7-2-1-6-21(19)22/h1-10,14,16H,11-13,15H2/b9-8+. The van der Waals surface area contributed by atoms with Crippen molar-refractivity contribution in [1.29, 1.82) is 0 Å². The van der Waals surface area contributed by atoms with E-state index in [2.05, 4.69) is 41.3 Å². The molecule has 0 fully saturated rings. The average Bonchev–Trinajstić information content (AvgIpc) is 3.04. The summed E-state index contributed by atoms with van der Waals surface area (Å²) in [5, 5.41) is 2.00. The van der Waals surface area contributed by atoms with Gasteiger partial charge in [0.25, 0.3) is 0 Å². The largest absolute Gasteiger partial charge is 0.464 e. The predicted molar refractivity (Wildman–Crippen MR) is 105 cm³/mol. The topological polar surface area (TPSA) is 16.4 Å². The summed E-state index contributed by atoms with van der Waals surface area (Å²) in [7, 11) is 0. The summed E-state index contributed by atoms with van der Waals surface area (Å²) in [4.78, 5) is 2.45. The molecule has 0 bridgehead atoms. The molecule has 25 heavy (non-hydrogen) atoms. The van der Waals surface area contributed by atoms with Gasteiger partial charge in [-0.25, -0.2) is 0 Å². The number of benzene rings is 2. The minimum Gasteiger partial charge on any atom is -0.464 e. The summed E-state index contributed by atoms with van der Waals surface area (Å²) in [5.41, 5.74) is 4.76. The van der Waals surface area contributed by atoms with Crippen molar-refractivity contribution in [2.24, 2.45) is 0 Å². The normalized spacial score (nSPS) is 15.8. The van der Waals surface area contributed by atoms with Crippen molar-refractivity contribution in [3.63, 3.8) is 0 Å². The van der Waals surface area contributed by atoms with Crippen molar-refractivity contribution in [2.75, 3.05) is 13.1 Å². The Morgan fingerprint density at radius 1 is 1.08 bits per heavy atom. The predicted octanol–water partition coefficient (Wildman–Crippen LogP) is 5.93. The zero-order valence-electron chi connectivity index (χ0n) is 14.0. The lowest BCUT2D eigenvalue weighted by Gasteiger charge is -2.25. The highest BCUT2D eigenvalue weighted by molar-refractivity contribution is 6.30. The Kier molecular flexibility index (Phi) is 4.73. The van der Waals surface area contributed by atoms with Crippen LogP contribution in [0.4, 0.5) is 0 Å². The molecule has 0 atom stereocenters. The second-order valence-electron chi connectivity index (χ2n) is 6.41. The van der Waals surface area contributed by atoms with Gasteiger partial charge in [0.2, 0.25) is 0 Å². The van der Waals surface area contributed by atoms with Gasteiger partial charge in [0.15, 0.2) is 0 Å². The van der Waals surface area contributed by atoms with Crippen LogP contribution in [-0.2, 0) is 6.54 Å². The summed E-state index contributed by atoms with van der Waals surface area (Å²) >= 11 is 6.03. The van der Waals surface area contributed by atoms with Gasteiger partial charge in [-0.3, -0.25) is 4.90 Å². The molecule has 2 aromatic carbocycles. The first kappa shape index (κ1) is 16.2. The smallest absolute Gasteiger partial charge is 0.134 e. The van der Waals surface area contributed by atoms with E-state index in [1.54, 1.807) is 0 Å². The zero-order valence-corrected chi connectivity index (χ0v) is 14.7. The summed E-state index contributed by atoms with van der Waals surface area (Å²) in [5.74, 6) is 0. The van der Waals surface area contributed by atoms with Crippen molar-refractivity contribution < 1.29 is 4.42 Å². The van der Waals surface area contributed by atoms with Crippen LogP contribution in [-0.4, -0.2) is 18.0 Å². The summed E-state index contributed by atoms with van der Waals surface area (Å²) in [6, 6.07) is 16.2. The van der Waals surface area contributed by atoms with E-state index in [0.717, 1.165) is 42.2 Å². The number of nitrogens with zero attached hydrogens (tertiary/aromatic N) is 1. The number of furan rings is 1. The molecule has 0 amide bonds. The molecule has 2 nitrogen and oxygen atoms in total. The molecular weight excluding hydrogens is 330 g/mol. The number of halogens is 1. The molecule has 0 N–H and O–H groups in total. The van der Waals surface area contributed by atoms with Crippen molar-refractivity contribution in [2.45, 2.75) is 13.0 Å². The molecule has 1 aliphatic rings. The number of fused-ring (bicyclic) bond motifs is 1. The minimum atomic E-state index is 0.776. The Bertz CT molecular complexity index is 938. The second-order valence-corrected chi connectivity index (χ2v) is 6.85. The number of hydrogen-bond acceptors (Lipinski definition) is 2. The maximum atomic E-state index is 6.03. The lowest BCUT2D eigenvalue weighted by molar-refractivity contribution is 0.287. The van der Waals surface area contributed by atoms with Crippen LogP contribution in [0.25, 0.3) is 17.0 Å². The first-order chi connectivity index (χ1) is 12.3. The van der Waals surface area contributed by atoms with Gasteiger partial charge in [-0.2, -0.15) is 0 Å². The molecule has 1 aliphatic heterocycles. The lowest BCUT2D eigenvalue weighted by atomic mass is 10.1. The van der Waals surface area contributed by atoms with E-state index < -0.39 is 0 Å². The maximum absolute atomic E-state index is 6.03. The number of para-hydroxylation sites is 1. The van der Waals surface area contributed by atoms with Gasteiger partial charge in [0.1, 0.15) is 5.58 Å². The summed E-state index contributed by atoms with van der Waals surface area (Å²) < 4.78 is 5.64. The van der Waals surface area contributed by atoms with E-state index in [9.17, 15) is 0 Å². The minimum absolute atomic E-state index is 0.776. The summed E-state index contributed by atoms with van der Waals surface area (Å²) in [6.45, 7) is 2.96. The molecule has 0 saturated carbocycles. The van der Waals surface area contributed by atoms with E-state index in [1.807, 2.05) is 36.6 Å². The van der Waals surface area contributed by atoms with Crippen molar-refractivity contribution >= 4 is 28.6 Å². The highest BCUT2D eigenvalue weighted by Crippen LogP contribution is 2.24. The quantitative estimate of drug-likeness (QED) is 0.580. The highest BCUT2D eigenvalue weighted by atomic mass is 35.5. The third-order valence-electron chi connectivity index (χ3n) is 4.62. The van der Waals surface area contributed by atoms with Gasteiger partial charge in [-0.05, 0) is 35.8 Å². The molecule has 4 rings (SSSR count). The Morgan fingerprint density at radius 3 is 2.84 bits per heavy atom. The van der Waals surface area contributed by atoms with Gasteiger partial charge in [-0.15, -0.1) is 0 Å². The maximum Gasteiger partial charge on any atom is 0.134 e. The average molecular weight is 350 g/mol. The van der Waals surface area contributed by atoms with Crippen LogP contribution in [0.15, 0.2) is 76.9 Å². The fourth-order valence-electron chi connectivity index (χ4n) is 3.23. The molecule has 126 valence electrons. The monoisotopic (exact) mass is 349 g/mol. The lowest BCUT2D eigenvalue weighted by Crippen LogP contribution is -2.27. The molecule has 0 spiro atoms. The third-order valence-corrected chi connectivity index (χ3v) is 4.86. The van der Waals surface area contributed by atoms with Crippen LogP contribution < -0.4 is 0 Å². The van der Waals surface area contributed by atoms with Crippen LogP contribution in [0.2, 0.25) is 5.02 Å². The fourth-order valence-corrected chi connectivity index (χ4v) is 3.43. The van der Waals surface area contributed by atoms with Crippen molar-refractivity contribution in [1.82, 2.24) is 4.90 Å². The molecule has 0 aliphatic carbocycles. The molecule has 3 aromatic rings. The molecular formula is C22H20ClNO.